The van der Waals surface area contributed by atoms with Crippen LogP contribution in [-0.2, 0) is 0 Å². The molecule has 1 aromatic heterocycles. The monoisotopic (exact) mass is 331 g/mol. The number of hydrogen-bond donors (Lipinski definition) is 1. The number of phenols is 1. The molecule has 0 spiro atoms. The third kappa shape index (κ3) is 2.29. The Morgan fingerprint density at radius 3 is 2.40 bits per heavy atom. The first-order valence-corrected chi connectivity index (χ1v) is 7.67. The molecule has 0 bridgehead atoms. The number of fused-ring (bicyclic) bond motifs is 2. The molecule has 1 heterocycles. The molecule has 5 heteroatoms. The van der Waals surface area contributed by atoms with E-state index in [9.17, 15) is 14.7 Å². The van der Waals surface area contributed by atoms with Crippen molar-refractivity contribution in [3.05, 3.63) is 77.0 Å². The zero-order valence-electron chi connectivity index (χ0n) is 13.3. The van der Waals surface area contributed by atoms with Crippen molar-refractivity contribution in [3.63, 3.8) is 0 Å². The fourth-order valence-corrected chi connectivity index (χ4v) is 3.00. The minimum atomic E-state index is -0.385. The van der Waals surface area contributed by atoms with Crippen LogP contribution >= 0.6 is 0 Å². The molecule has 0 saturated carbocycles. The second kappa shape index (κ2) is 5.56. The lowest BCUT2D eigenvalue weighted by Gasteiger charge is -2.20. The van der Waals surface area contributed by atoms with Crippen LogP contribution in [0.15, 0.2) is 54.6 Å². The summed E-state index contributed by atoms with van der Waals surface area (Å²) in [6.07, 6.45) is 0. The predicted octanol–water partition coefficient (Wildman–Crippen LogP) is 3.24. The molecule has 4 rings (SSSR count). The van der Waals surface area contributed by atoms with Gasteiger partial charge in [-0.3, -0.25) is 9.59 Å². The van der Waals surface area contributed by atoms with Crippen molar-refractivity contribution in [1.29, 1.82) is 0 Å². The van der Waals surface area contributed by atoms with Gasteiger partial charge in [-0.05, 0) is 18.2 Å². The van der Waals surface area contributed by atoms with Crippen molar-refractivity contribution in [1.82, 2.24) is 4.98 Å². The number of ether oxygens (including phenoxy) is 1. The Morgan fingerprint density at radius 1 is 0.920 bits per heavy atom. The molecule has 0 unspecified atom stereocenters. The Morgan fingerprint density at radius 2 is 1.68 bits per heavy atom. The quantitative estimate of drug-likeness (QED) is 0.610. The smallest absolute Gasteiger partial charge is 0.213 e. The van der Waals surface area contributed by atoms with E-state index in [0.29, 0.717) is 5.69 Å². The molecule has 0 saturated heterocycles. The van der Waals surface area contributed by atoms with Gasteiger partial charge < -0.3 is 9.84 Å². The molecule has 2 aromatic carbocycles. The summed E-state index contributed by atoms with van der Waals surface area (Å²) in [4.78, 5) is 30.1. The molecule has 1 aliphatic carbocycles. The maximum Gasteiger partial charge on any atom is 0.213 e. The minimum absolute atomic E-state index is 0.0707. The molecular weight excluding hydrogens is 318 g/mol. The number of aromatic nitrogens is 1. The van der Waals surface area contributed by atoms with Gasteiger partial charge in [-0.2, -0.15) is 0 Å². The van der Waals surface area contributed by atoms with E-state index >= 15 is 0 Å². The molecule has 25 heavy (non-hydrogen) atoms. The van der Waals surface area contributed by atoms with E-state index in [2.05, 4.69) is 4.98 Å². The van der Waals surface area contributed by atoms with Crippen LogP contribution in [0.25, 0.3) is 11.3 Å². The second-order valence-electron chi connectivity index (χ2n) is 5.69. The van der Waals surface area contributed by atoms with E-state index in [1.165, 1.54) is 25.3 Å². The van der Waals surface area contributed by atoms with Gasteiger partial charge in [0.05, 0.1) is 18.4 Å². The fraction of sp³-hybridized carbons (Fsp3) is 0.0500. The van der Waals surface area contributed by atoms with Crippen LogP contribution in [0, 0.1) is 0 Å². The number of methoxy groups -OCH3 is 1. The van der Waals surface area contributed by atoms with E-state index < -0.39 is 0 Å². The summed E-state index contributed by atoms with van der Waals surface area (Å²) in [6.45, 7) is 0. The van der Waals surface area contributed by atoms with Crippen molar-refractivity contribution in [3.8, 4) is 22.8 Å². The average Bonchev–Trinajstić information content (AvgIpc) is 2.65. The van der Waals surface area contributed by atoms with Gasteiger partial charge in [0.15, 0.2) is 5.78 Å². The number of carbonyl (C=O) groups excluding carboxylic acids is 2. The van der Waals surface area contributed by atoms with E-state index in [4.69, 9.17) is 4.74 Å². The lowest BCUT2D eigenvalue weighted by Crippen LogP contribution is -2.23. The summed E-state index contributed by atoms with van der Waals surface area (Å²) in [5.41, 5.74) is 1.96. The van der Waals surface area contributed by atoms with Crippen LogP contribution in [0.5, 0.6) is 11.5 Å². The zero-order valence-corrected chi connectivity index (χ0v) is 13.3. The van der Waals surface area contributed by atoms with E-state index in [0.717, 1.165) is 5.56 Å². The largest absolute Gasteiger partial charge is 0.508 e. The third-order valence-electron chi connectivity index (χ3n) is 4.21. The maximum absolute atomic E-state index is 12.9. The summed E-state index contributed by atoms with van der Waals surface area (Å²) in [6, 6.07) is 15.1. The number of benzene rings is 2. The molecule has 1 aliphatic rings. The van der Waals surface area contributed by atoms with Crippen LogP contribution in [-0.4, -0.2) is 28.8 Å². The first-order valence-electron chi connectivity index (χ1n) is 7.67. The minimum Gasteiger partial charge on any atom is -0.508 e. The average molecular weight is 331 g/mol. The fourth-order valence-electron chi connectivity index (χ4n) is 3.00. The van der Waals surface area contributed by atoms with Gasteiger partial charge in [0, 0.05) is 22.8 Å². The molecule has 3 aromatic rings. The zero-order chi connectivity index (χ0) is 17.6. The standard InChI is InChI=1S/C20H13NO4/c1-25-16-10-15(11-5-3-2-4-6-11)21-18-17(16)19(23)14-9-12(22)7-8-13(14)20(18)24/h2-10,22H,1H3. The number of pyridine rings is 1. The van der Waals surface area contributed by atoms with Gasteiger partial charge in [-0.1, -0.05) is 30.3 Å². The number of hydrogen-bond acceptors (Lipinski definition) is 5. The highest BCUT2D eigenvalue weighted by Gasteiger charge is 2.34. The number of carbonyl (C=O) groups is 2. The van der Waals surface area contributed by atoms with Crippen molar-refractivity contribution >= 4 is 11.6 Å². The first-order chi connectivity index (χ1) is 12.1. The Labute approximate surface area is 143 Å². The Kier molecular flexibility index (Phi) is 3.35. The number of phenolic OH excluding ortho intramolecular Hbond substituents is 1. The Bertz CT molecular complexity index is 1030. The molecule has 122 valence electrons. The van der Waals surface area contributed by atoms with Crippen molar-refractivity contribution < 1.29 is 19.4 Å². The van der Waals surface area contributed by atoms with Gasteiger partial charge in [-0.25, -0.2) is 4.98 Å². The lowest BCUT2D eigenvalue weighted by molar-refractivity contribution is 0.0972. The van der Waals surface area contributed by atoms with Crippen LogP contribution in [0.1, 0.15) is 32.0 Å². The lowest BCUT2D eigenvalue weighted by atomic mass is 9.86. The summed E-state index contributed by atoms with van der Waals surface area (Å²) in [5.74, 6) is -0.530. The highest BCUT2D eigenvalue weighted by atomic mass is 16.5. The van der Waals surface area contributed by atoms with Crippen molar-refractivity contribution in [2.24, 2.45) is 0 Å². The SMILES string of the molecule is COc1cc(-c2ccccc2)nc2c1C(=O)c1cc(O)ccc1C2=O. The molecule has 0 amide bonds. The van der Waals surface area contributed by atoms with Gasteiger partial charge in [0.2, 0.25) is 5.78 Å². The van der Waals surface area contributed by atoms with Crippen molar-refractivity contribution in [2.75, 3.05) is 7.11 Å². The molecular formula is C20H13NO4. The highest BCUT2D eigenvalue weighted by molar-refractivity contribution is 6.28. The molecule has 1 N–H and O–H groups in total. The summed E-state index contributed by atoms with van der Waals surface area (Å²) >= 11 is 0. The van der Waals surface area contributed by atoms with Crippen molar-refractivity contribution in [2.45, 2.75) is 0 Å². The predicted molar refractivity (Wildman–Crippen MR) is 91.2 cm³/mol. The van der Waals surface area contributed by atoms with Crippen LogP contribution in [0.2, 0.25) is 0 Å². The molecule has 0 radical (unpaired) electrons. The van der Waals surface area contributed by atoms with Gasteiger partial charge in [0.1, 0.15) is 17.2 Å². The maximum atomic E-state index is 12.9. The Hall–Kier alpha value is -3.47. The summed E-state index contributed by atoms with van der Waals surface area (Å²) in [7, 11) is 1.44. The second-order valence-corrected chi connectivity index (χ2v) is 5.69. The molecule has 0 aliphatic heterocycles. The third-order valence-corrected chi connectivity index (χ3v) is 4.21. The number of aromatic hydroxyl groups is 1. The molecule has 0 fully saturated rings. The molecule has 0 atom stereocenters. The normalized spacial score (nSPS) is 12.5. The summed E-state index contributed by atoms with van der Waals surface area (Å²) < 4.78 is 5.36. The summed E-state index contributed by atoms with van der Waals surface area (Å²) in [5, 5.41) is 9.65. The number of nitrogens with zero attached hydrogens (tertiary/aromatic N) is 1. The molecule has 5 nitrogen and oxygen atoms in total. The topological polar surface area (TPSA) is 76.5 Å². The van der Waals surface area contributed by atoms with Crippen LogP contribution in [0.3, 0.4) is 0 Å². The highest BCUT2D eigenvalue weighted by Crippen LogP contribution is 2.36. The van der Waals surface area contributed by atoms with E-state index in [1.807, 2.05) is 30.3 Å². The van der Waals surface area contributed by atoms with Gasteiger partial charge in [-0.15, -0.1) is 0 Å². The number of ketones is 2. The van der Waals surface area contributed by atoms with E-state index in [-0.39, 0.29) is 45.4 Å². The van der Waals surface area contributed by atoms with Crippen LogP contribution < -0.4 is 4.74 Å². The number of rotatable bonds is 2. The van der Waals surface area contributed by atoms with E-state index in [1.54, 1.807) is 6.07 Å². The first kappa shape index (κ1) is 15.1. The Balaban J connectivity index is 1.98. The van der Waals surface area contributed by atoms with Gasteiger partial charge in [0.25, 0.3) is 0 Å². The van der Waals surface area contributed by atoms with Crippen LogP contribution in [0.4, 0.5) is 0 Å². The van der Waals surface area contributed by atoms with Gasteiger partial charge >= 0.3 is 0 Å².